The number of rotatable bonds is 5. The number of alkyl halides is 3. The number of β-amino-alcohol motifs (C(OH)–C–C–N with tert-alkyl or cyclic N) is 1. The molecular formula is C23H18F6N4O3. The van der Waals surface area contributed by atoms with E-state index in [1.807, 2.05) is 5.32 Å². The number of aromatic nitrogens is 2. The lowest BCUT2D eigenvalue weighted by Crippen LogP contribution is -2.51. The number of fused-ring (bicyclic) bond motifs is 1. The van der Waals surface area contributed by atoms with E-state index in [9.17, 15) is 41.0 Å². The Morgan fingerprint density at radius 1 is 1.11 bits per heavy atom. The number of halogens is 6. The van der Waals surface area contributed by atoms with Gasteiger partial charge in [0.15, 0.2) is 17.3 Å². The smallest absolute Gasteiger partial charge is 0.389 e. The fraction of sp³-hybridized carbons (Fsp3) is 0.348. The number of aliphatic hydroxyl groups is 1. The monoisotopic (exact) mass is 512 g/mol. The number of hydrogen-bond acceptors (Lipinski definition) is 5. The van der Waals surface area contributed by atoms with Crippen LogP contribution in [-0.2, 0) is 0 Å². The van der Waals surface area contributed by atoms with E-state index in [0.29, 0.717) is 22.9 Å². The van der Waals surface area contributed by atoms with Gasteiger partial charge in [0.1, 0.15) is 28.9 Å². The van der Waals surface area contributed by atoms with E-state index in [4.69, 9.17) is 0 Å². The van der Waals surface area contributed by atoms with Crippen LogP contribution in [0.5, 0.6) is 0 Å². The molecule has 1 aliphatic carbocycles. The fourth-order valence-electron chi connectivity index (χ4n) is 4.22. The number of carbonyl (C=O) groups excluding carboxylic acids is 1. The third-order valence-corrected chi connectivity index (χ3v) is 6.22. The van der Waals surface area contributed by atoms with Gasteiger partial charge in [-0.05, 0) is 30.9 Å². The Kier molecular flexibility index (Phi) is 5.69. The molecule has 1 aliphatic heterocycles. The van der Waals surface area contributed by atoms with Crippen LogP contribution in [0.1, 0.15) is 23.2 Å². The maximum Gasteiger partial charge on any atom is 0.408 e. The first-order valence-corrected chi connectivity index (χ1v) is 11.0. The van der Waals surface area contributed by atoms with Crippen molar-refractivity contribution in [2.45, 2.75) is 31.2 Å². The number of nitrogens with one attached hydrogen (secondary N) is 1. The summed E-state index contributed by atoms with van der Waals surface area (Å²) in [5.41, 5.74) is -2.98. The van der Waals surface area contributed by atoms with Crippen LogP contribution in [-0.4, -0.2) is 52.0 Å². The molecule has 1 unspecified atom stereocenters. The van der Waals surface area contributed by atoms with Gasteiger partial charge in [-0.15, -0.1) is 0 Å². The molecule has 3 aromatic rings. The van der Waals surface area contributed by atoms with E-state index in [2.05, 4.69) is 4.98 Å². The zero-order valence-corrected chi connectivity index (χ0v) is 18.3. The predicted octanol–water partition coefficient (Wildman–Crippen LogP) is 3.05. The zero-order chi connectivity index (χ0) is 25.9. The number of benzene rings is 1. The molecule has 1 amide bonds. The molecule has 1 saturated heterocycles. The Morgan fingerprint density at radius 2 is 1.75 bits per heavy atom. The van der Waals surface area contributed by atoms with Crippen molar-refractivity contribution in [2.75, 3.05) is 18.0 Å². The molecule has 2 N–H and O–H groups in total. The van der Waals surface area contributed by atoms with Crippen molar-refractivity contribution < 1.29 is 36.2 Å². The number of aliphatic hydroxyl groups excluding tert-OH is 1. The third-order valence-electron chi connectivity index (χ3n) is 6.22. The van der Waals surface area contributed by atoms with Crippen LogP contribution in [0.3, 0.4) is 0 Å². The Hall–Kier alpha value is -3.61. The lowest BCUT2D eigenvalue weighted by Gasteiger charge is -2.36. The van der Waals surface area contributed by atoms with Gasteiger partial charge >= 0.3 is 6.18 Å². The normalized spacial score (nSPS) is 17.2. The van der Waals surface area contributed by atoms with Crippen LogP contribution in [0.25, 0.3) is 16.7 Å². The van der Waals surface area contributed by atoms with Crippen molar-refractivity contribution in [1.82, 2.24) is 14.9 Å². The summed E-state index contributed by atoms with van der Waals surface area (Å²) in [6.07, 6.45) is -4.19. The summed E-state index contributed by atoms with van der Waals surface area (Å²) in [7, 11) is 0. The second kappa shape index (κ2) is 8.50. The number of hydrogen-bond donors (Lipinski definition) is 2. The summed E-state index contributed by atoms with van der Waals surface area (Å²) in [4.78, 5) is 31.8. The minimum Gasteiger partial charge on any atom is -0.389 e. The second-order valence-corrected chi connectivity index (χ2v) is 8.89. The second-order valence-electron chi connectivity index (χ2n) is 8.89. The summed E-state index contributed by atoms with van der Waals surface area (Å²) in [5.74, 6) is -5.96. The minimum absolute atomic E-state index is 0.211. The van der Waals surface area contributed by atoms with Crippen LogP contribution in [0.15, 0.2) is 35.3 Å². The maximum absolute atomic E-state index is 14.7. The molecule has 0 radical (unpaired) electrons. The van der Waals surface area contributed by atoms with E-state index in [0.717, 1.165) is 0 Å². The Bertz CT molecular complexity index is 1410. The Balaban J connectivity index is 1.68. The van der Waals surface area contributed by atoms with Crippen molar-refractivity contribution in [2.24, 2.45) is 5.92 Å². The molecule has 1 atom stereocenters. The van der Waals surface area contributed by atoms with Gasteiger partial charge in [-0.25, -0.2) is 18.2 Å². The Labute approximate surface area is 199 Å². The Morgan fingerprint density at radius 3 is 2.31 bits per heavy atom. The molecular weight excluding hydrogens is 494 g/mol. The molecule has 1 saturated carbocycles. The number of anilines is 1. The molecule has 13 heteroatoms. The summed E-state index contributed by atoms with van der Waals surface area (Å²) >= 11 is 0. The lowest BCUT2D eigenvalue weighted by molar-refractivity contribution is -0.158. The third kappa shape index (κ3) is 4.27. The molecule has 36 heavy (non-hydrogen) atoms. The fourth-order valence-corrected chi connectivity index (χ4v) is 4.22. The van der Waals surface area contributed by atoms with Gasteiger partial charge in [0.05, 0.1) is 11.5 Å². The van der Waals surface area contributed by atoms with E-state index in [1.165, 1.54) is 12.1 Å². The van der Waals surface area contributed by atoms with Crippen molar-refractivity contribution in [3.8, 4) is 5.69 Å². The van der Waals surface area contributed by atoms with Gasteiger partial charge in [-0.3, -0.25) is 14.2 Å². The standard InChI is InChI=1S/C23H18F6N4O3/c24-11-5-15(25)18(16(26)6-11)33-9-14(22(36)31-20(10-1-2-10)23(27,28)29)19(35)13-3-4-17(30-21(13)33)32-7-12(34)8-32/h3-6,9-10,12,20,34H,1-2,7-8H2,(H,31,36). The predicted molar refractivity (Wildman–Crippen MR) is 115 cm³/mol. The van der Waals surface area contributed by atoms with E-state index >= 15 is 0 Å². The molecule has 5 rings (SSSR count). The van der Waals surface area contributed by atoms with E-state index < -0.39 is 64.3 Å². The van der Waals surface area contributed by atoms with Crippen molar-refractivity contribution >= 4 is 22.8 Å². The molecule has 7 nitrogen and oxygen atoms in total. The van der Waals surface area contributed by atoms with Crippen molar-refractivity contribution in [3.05, 3.63) is 63.7 Å². The quantitative estimate of drug-likeness (QED) is 0.514. The van der Waals surface area contributed by atoms with E-state index in [1.54, 1.807) is 4.90 Å². The number of amides is 1. The van der Waals surface area contributed by atoms with Crippen LogP contribution >= 0.6 is 0 Å². The number of pyridine rings is 2. The van der Waals surface area contributed by atoms with Crippen molar-refractivity contribution in [3.63, 3.8) is 0 Å². The highest BCUT2D eigenvalue weighted by atomic mass is 19.4. The molecule has 0 spiro atoms. The van der Waals surface area contributed by atoms with Crippen LogP contribution in [0, 0.1) is 23.4 Å². The average molecular weight is 512 g/mol. The summed E-state index contributed by atoms with van der Waals surface area (Å²) in [6, 6.07) is 1.17. The minimum atomic E-state index is -4.76. The first-order chi connectivity index (χ1) is 16.9. The van der Waals surface area contributed by atoms with Gasteiger partial charge < -0.3 is 15.3 Å². The first kappa shape index (κ1) is 24.1. The first-order valence-electron chi connectivity index (χ1n) is 11.0. The topological polar surface area (TPSA) is 87.5 Å². The lowest BCUT2D eigenvalue weighted by atomic mass is 10.1. The highest BCUT2D eigenvalue weighted by Crippen LogP contribution is 2.40. The molecule has 2 fully saturated rings. The molecule has 1 aromatic carbocycles. The van der Waals surface area contributed by atoms with Crippen LogP contribution in [0.2, 0.25) is 0 Å². The zero-order valence-electron chi connectivity index (χ0n) is 18.3. The van der Waals surface area contributed by atoms with Gasteiger partial charge in [0.25, 0.3) is 5.91 Å². The number of nitrogens with zero attached hydrogens (tertiary/aromatic N) is 3. The van der Waals surface area contributed by atoms with Crippen LogP contribution in [0.4, 0.5) is 32.2 Å². The summed E-state index contributed by atoms with van der Waals surface area (Å²) < 4.78 is 84.1. The maximum atomic E-state index is 14.7. The van der Waals surface area contributed by atoms with E-state index in [-0.39, 0.29) is 42.8 Å². The van der Waals surface area contributed by atoms with Gasteiger partial charge in [0, 0.05) is 31.4 Å². The van der Waals surface area contributed by atoms with Crippen LogP contribution < -0.4 is 15.6 Å². The molecule has 0 bridgehead atoms. The highest BCUT2D eigenvalue weighted by Gasteiger charge is 2.50. The van der Waals surface area contributed by atoms with Gasteiger partial charge in [0.2, 0.25) is 5.43 Å². The SMILES string of the molecule is O=C(NC(C1CC1)C(F)(F)F)c1cn(-c2c(F)cc(F)cc2F)c2nc(N3CC(O)C3)ccc2c1=O. The molecule has 190 valence electrons. The van der Waals surface area contributed by atoms with Gasteiger partial charge in [-0.2, -0.15) is 13.2 Å². The largest absolute Gasteiger partial charge is 0.408 e. The highest BCUT2D eigenvalue weighted by molar-refractivity contribution is 5.97. The average Bonchev–Trinajstić information content (AvgIpc) is 3.60. The molecule has 2 aromatic heterocycles. The van der Waals surface area contributed by atoms with Gasteiger partial charge in [-0.1, -0.05) is 0 Å². The number of carbonyl (C=O) groups is 1. The summed E-state index contributed by atoms with van der Waals surface area (Å²) in [5, 5.41) is 11.1. The summed E-state index contributed by atoms with van der Waals surface area (Å²) in [6.45, 7) is 0.422. The van der Waals surface area contributed by atoms with Crippen molar-refractivity contribution in [1.29, 1.82) is 0 Å². The molecule has 3 heterocycles. The molecule has 2 aliphatic rings.